The summed E-state index contributed by atoms with van der Waals surface area (Å²) in [7, 11) is 0. The molecule has 0 aliphatic carbocycles. The Labute approximate surface area is 141 Å². The summed E-state index contributed by atoms with van der Waals surface area (Å²) in [5, 5.41) is 2.90. The van der Waals surface area contributed by atoms with E-state index in [0.717, 1.165) is 25.1 Å². The molecule has 1 atom stereocenters. The maximum absolute atomic E-state index is 12.6. The third kappa shape index (κ3) is 3.25. The topological polar surface area (TPSA) is 75.4 Å². The molecule has 0 fully saturated rings. The third-order valence-corrected chi connectivity index (χ3v) is 4.43. The molecule has 5 nitrogen and oxygen atoms in total. The lowest BCUT2D eigenvalue weighted by atomic mass is 10.00. The summed E-state index contributed by atoms with van der Waals surface area (Å²) < 4.78 is 0. The number of amides is 2. The molecule has 0 unspecified atom stereocenters. The Hall–Kier alpha value is -2.82. The van der Waals surface area contributed by atoms with Crippen LogP contribution in [0, 0.1) is 0 Å². The second-order valence-corrected chi connectivity index (χ2v) is 6.03. The molecule has 1 heterocycles. The number of nitrogens with two attached hydrogens (primary N) is 1. The fourth-order valence-electron chi connectivity index (χ4n) is 3.07. The van der Waals surface area contributed by atoms with E-state index in [1.165, 1.54) is 5.56 Å². The SMILES string of the molecule is C[C@@H](C(=O)Nc1ccc(C(N)=O)cc1)N1CCCc2ccccc21. The number of benzene rings is 2. The van der Waals surface area contributed by atoms with Crippen LogP contribution in [0.1, 0.15) is 29.3 Å². The molecule has 0 radical (unpaired) electrons. The minimum absolute atomic E-state index is 0.0708. The van der Waals surface area contributed by atoms with E-state index < -0.39 is 5.91 Å². The lowest BCUT2D eigenvalue weighted by Crippen LogP contribution is -2.44. The van der Waals surface area contributed by atoms with Crippen LogP contribution >= 0.6 is 0 Å². The van der Waals surface area contributed by atoms with Gasteiger partial charge in [-0.15, -0.1) is 0 Å². The van der Waals surface area contributed by atoms with Crippen molar-refractivity contribution >= 4 is 23.2 Å². The molecule has 3 N–H and O–H groups in total. The van der Waals surface area contributed by atoms with Crippen molar-refractivity contribution in [2.24, 2.45) is 5.73 Å². The van der Waals surface area contributed by atoms with E-state index in [9.17, 15) is 9.59 Å². The van der Waals surface area contributed by atoms with Crippen molar-refractivity contribution in [1.29, 1.82) is 0 Å². The van der Waals surface area contributed by atoms with Crippen LogP contribution in [-0.2, 0) is 11.2 Å². The number of rotatable bonds is 4. The normalized spacial score (nSPS) is 14.6. The van der Waals surface area contributed by atoms with E-state index >= 15 is 0 Å². The van der Waals surface area contributed by atoms with Crippen LogP contribution in [0.4, 0.5) is 11.4 Å². The molecule has 2 aromatic rings. The molecule has 24 heavy (non-hydrogen) atoms. The van der Waals surface area contributed by atoms with Crippen molar-refractivity contribution in [3.05, 3.63) is 59.7 Å². The summed E-state index contributed by atoms with van der Waals surface area (Å²) in [6, 6.07) is 14.6. The van der Waals surface area contributed by atoms with E-state index in [1.54, 1.807) is 24.3 Å². The van der Waals surface area contributed by atoms with Gasteiger partial charge in [0, 0.05) is 23.5 Å². The summed E-state index contributed by atoms with van der Waals surface area (Å²) >= 11 is 0. The first-order chi connectivity index (χ1) is 11.6. The Balaban J connectivity index is 1.72. The van der Waals surface area contributed by atoms with Gasteiger partial charge in [0.1, 0.15) is 6.04 Å². The van der Waals surface area contributed by atoms with Crippen LogP contribution in [0.3, 0.4) is 0 Å². The molecular formula is C19H21N3O2. The molecule has 0 aromatic heterocycles. The lowest BCUT2D eigenvalue weighted by molar-refractivity contribution is -0.117. The fourth-order valence-corrected chi connectivity index (χ4v) is 3.07. The van der Waals surface area contributed by atoms with E-state index in [-0.39, 0.29) is 11.9 Å². The molecule has 2 amide bonds. The Kier molecular flexibility index (Phi) is 4.51. The van der Waals surface area contributed by atoms with Crippen LogP contribution in [0.15, 0.2) is 48.5 Å². The third-order valence-electron chi connectivity index (χ3n) is 4.43. The van der Waals surface area contributed by atoms with E-state index in [4.69, 9.17) is 5.73 Å². The zero-order valence-corrected chi connectivity index (χ0v) is 13.7. The van der Waals surface area contributed by atoms with Crippen LogP contribution < -0.4 is 16.0 Å². The summed E-state index contributed by atoms with van der Waals surface area (Å²) in [5.74, 6) is -0.551. The average Bonchev–Trinajstić information content (AvgIpc) is 2.61. The Morgan fingerprint density at radius 2 is 1.83 bits per heavy atom. The number of para-hydroxylation sites is 1. The van der Waals surface area contributed by atoms with Gasteiger partial charge in [0.15, 0.2) is 0 Å². The average molecular weight is 323 g/mol. The molecule has 0 spiro atoms. The van der Waals surface area contributed by atoms with Gasteiger partial charge in [0.2, 0.25) is 11.8 Å². The van der Waals surface area contributed by atoms with Crippen LogP contribution in [0.25, 0.3) is 0 Å². The van der Waals surface area contributed by atoms with Crippen molar-refractivity contribution < 1.29 is 9.59 Å². The molecule has 124 valence electrons. The zero-order valence-electron chi connectivity index (χ0n) is 13.7. The highest BCUT2D eigenvalue weighted by Gasteiger charge is 2.25. The van der Waals surface area contributed by atoms with Gasteiger partial charge in [0.25, 0.3) is 0 Å². The number of aryl methyl sites for hydroxylation is 1. The first-order valence-electron chi connectivity index (χ1n) is 8.11. The first kappa shape index (κ1) is 16.1. The van der Waals surface area contributed by atoms with Crippen molar-refractivity contribution in [2.75, 3.05) is 16.8 Å². The Bertz CT molecular complexity index is 755. The Morgan fingerprint density at radius 1 is 1.12 bits per heavy atom. The van der Waals surface area contributed by atoms with Crippen molar-refractivity contribution in [3.8, 4) is 0 Å². The molecule has 5 heteroatoms. The number of carbonyl (C=O) groups excluding carboxylic acids is 2. The van der Waals surface area contributed by atoms with Gasteiger partial charge in [-0.2, -0.15) is 0 Å². The smallest absolute Gasteiger partial charge is 0.248 e. The van der Waals surface area contributed by atoms with Gasteiger partial charge < -0.3 is 16.0 Å². The maximum atomic E-state index is 12.6. The second kappa shape index (κ2) is 6.74. The largest absolute Gasteiger partial charge is 0.366 e. The van der Waals surface area contributed by atoms with Gasteiger partial charge in [-0.1, -0.05) is 18.2 Å². The number of hydrogen-bond donors (Lipinski definition) is 2. The Morgan fingerprint density at radius 3 is 2.54 bits per heavy atom. The number of nitrogens with one attached hydrogen (secondary N) is 1. The molecule has 3 rings (SSSR count). The summed E-state index contributed by atoms with van der Waals surface area (Å²) in [4.78, 5) is 25.8. The highest BCUT2D eigenvalue weighted by Crippen LogP contribution is 2.28. The number of carbonyl (C=O) groups is 2. The standard InChI is InChI=1S/C19H21N3O2/c1-13(22-12-4-6-14-5-2-3-7-17(14)22)19(24)21-16-10-8-15(9-11-16)18(20)23/h2-3,5,7-11,13H,4,6,12H2,1H3,(H2,20,23)(H,21,24)/t13-/m0/s1. The molecular weight excluding hydrogens is 302 g/mol. The minimum Gasteiger partial charge on any atom is -0.366 e. The quantitative estimate of drug-likeness (QED) is 0.908. The highest BCUT2D eigenvalue weighted by atomic mass is 16.2. The summed E-state index contributed by atoms with van der Waals surface area (Å²) in [6.07, 6.45) is 2.09. The van der Waals surface area contributed by atoms with Crippen LogP contribution in [-0.4, -0.2) is 24.4 Å². The lowest BCUT2D eigenvalue weighted by Gasteiger charge is -2.35. The predicted octanol–water partition coefficient (Wildman–Crippen LogP) is 2.57. The highest BCUT2D eigenvalue weighted by molar-refractivity contribution is 5.98. The zero-order chi connectivity index (χ0) is 17.1. The first-order valence-corrected chi connectivity index (χ1v) is 8.11. The van der Waals surface area contributed by atoms with Crippen LogP contribution in [0.5, 0.6) is 0 Å². The summed E-state index contributed by atoms with van der Waals surface area (Å²) in [5.41, 5.74) is 8.72. The van der Waals surface area contributed by atoms with E-state index in [0.29, 0.717) is 11.3 Å². The maximum Gasteiger partial charge on any atom is 0.248 e. The van der Waals surface area contributed by atoms with Crippen molar-refractivity contribution in [3.63, 3.8) is 0 Å². The molecule has 2 aromatic carbocycles. The minimum atomic E-state index is -0.480. The van der Waals surface area contributed by atoms with E-state index in [2.05, 4.69) is 22.3 Å². The van der Waals surface area contributed by atoms with Gasteiger partial charge in [0.05, 0.1) is 0 Å². The fraction of sp³-hybridized carbons (Fsp3) is 0.263. The molecule has 0 bridgehead atoms. The molecule has 0 saturated heterocycles. The predicted molar refractivity (Wildman–Crippen MR) is 95.2 cm³/mol. The number of anilines is 2. The number of hydrogen-bond acceptors (Lipinski definition) is 3. The second-order valence-electron chi connectivity index (χ2n) is 6.03. The van der Waals surface area contributed by atoms with Crippen molar-refractivity contribution in [1.82, 2.24) is 0 Å². The van der Waals surface area contributed by atoms with Gasteiger partial charge in [-0.05, 0) is 55.7 Å². The van der Waals surface area contributed by atoms with E-state index in [1.807, 2.05) is 19.1 Å². The van der Waals surface area contributed by atoms with Gasteiger partial charge in [-0.25, -0.2) is 0 Å². The number of nitrogens with zero attached hydrogens (tertiary/aromatic N) is 1. The van der Waals surface area contributed by atoms with Crippen molar-refractivity contribution in [2.45, 2.75) is 25.8 Å². The monoisotopic (exact) mass is 323 g/mol. The van der Waals surface area contributed by atoms with Gasteiger partial charge in [-0.3, -0.25) is 9.59 Å². The molecule has 1 aliphatic rings. The number of primary amides is 1. The van der Waals surface area contributed by atoms with Gasteiger partial charge >= 0.3 is 0 Å². The van der Waals surface area contributed by atoms with Crippen LogP contribution in [0.2, 0.25) is 0 Å². The molecule has 0 saturated carbocycles. The number of fused-ring (bicyclic) bond motifs is 1. The molecule has 1 aliphatic heterocycles. The summed E-state index contributed by atoms with van der Waals surface area (Å²) in [6.45, 7) is 2.78.